The first-order chi connectivity index (χ1) is 8.83. The molecule has 0 spiro atoms. The van der Waals surface area contributed by atoms with Gasteiger partial charge in [0.2, 0.25) is 11.8 Å². The Kier molecular flexibility index (Phi) is 5.38. The van der Waals surface area contributed by atoms with Gasteiger partial charge in [0.15, 0.2) is 0 Å². The highest BCUT2D eigenvalue weighted by molar-refractivity contribution is 5.89. The minimum Gasteiger partial charge on any atom is -0.355 e. The molecule has 4 nitrogen and oxygen atoms in total. The lowest BCUT2D eigenvalue weighted by Gasteiger charge is -2.18. The summed E-state index contributed by atoms with van der Waals surface area (Å²) in [5.74, 6) is -1.66. The van der Waals surface area contributed by atoms with Crippen LogP contribution in [0.5, 0.6) is 0 Å². The van der Waals surface area contributed by atoms with Crippen molar-refractivity contribution < 1.29 is 22.8 Å². The highest BCUT2D eigenvalue weighted by atomic mass is 19.4. The molecular weight excluding hydrogens is 261 g/mol. The molecule has 1 atom stereocenters. The first-order valence-electron chi connectivity index (χ1n) is 6.07. The van der Waals surface area contributed by atoms with E-state index in [1.165, 1.54) is 0 Å². The van der Waals surface area contributed by atoms with Gasteiger partial charge in [-0.25, -0.2) is 0 Å². The number of nitrogens with zero attached hydrogens (tertiary/aromatic N) is 1. The average molecular weight is 278 g/mol. The molecule has 0 aromatic carbocycles. The molecule has 19 heavy (non-hydrogen) atoms. The van der Waals surface area contributed by atoms with Gasteiger partial charge in [0, 0.05) is 19.5 Å². The summed E-state index contributed by atoms with van der Waals surface area (Å²) in [6, 6.07) is 0. The Bertz CT molecular complexity index is 366. The van der Waals surface area contributed by atoms with Crippen molar-refractivity contribution in [2.45, 2.75) is 25.9 Å². The Labute approximate surface area is 109 Å². The van der Waals surface area contributed by atoms with Crippen LogP contribution in [0.1, 0.15) is 19.8 Å². The van der Waals surface area contributed by atoms with E-state index in [-0.39, 0.29) is 18.9 Å². The van der Waals surface area contributed by atoms with Crippen LogP contribution in [-0.2, 0) is 9.59 Å². The number of rotatable bonds is 5. The van der Waals surface area contributed by atoms with E-state index in [2.05, 4.69) is 5.32 Å². The zero-order chi connectivity index (χ0) is 14.5. The third-order valence-electron chi connectivity index (χ3n) is 2.80. The lowest BCUT2D eigenvalue weighted by atomic mass is 10.1. The normalized spacial score (nSPS) is 20.3. The number of hydrogen-bond donors (Lipinski definition) is 1. The molecule has 2 amide bonds. The monoisotopic (exact) mass is 278 g/mol. The highest BCUT2D eigenvalue weighted by Crippen LogP contribution is 2.23. The first-order valence-corrected chi connectivity index (χ1v) is 6.07. The largest absolute Gasteiger partial charge is 0.406 e. The molecule has 0 aromatic heterocycles. The number of hydrogen-bond acceptors (Lipinski definition) is 2. The summed E-state index contributed by atoms with van der Waals surface area (Å²) in [7, 11) is 0. The van der Waals surface area contributed by atoms with Crippen LogP contribution in [0.2, 0.25) is 0 Å². The maximum atomic E-state index is 12.2. The molecule has 0 aromatic rings. The molecule has 1 unspecified atom stereocenters. The van der Waals surface area contributed by atoms with Crippen LogP contribution in [0.25, 0.3) is 0 Å². The van der Waals surface area contributed by atoms with Gasteiger partial charge < -0.3 is 10.2 Å². The second-order valence-corrected chi connectivity index (χ2v) is 4.44. The predicted octanol–water partition coefficient (Wildman–Crippen LogP) is 1.48. The van der Waals surface area contributed by atoms with E-state index in [0.717, 1.165) is 0 Å². The Hall–Kier alpha value is -1.53. The van der Waals surface area contributed by atoms with Crippen LogP contribution in [0.4, 0.5) is 13.2 Å². The quantitative estimate of drug-likeness (QED) is 0.611. The molecule has 0 bridgehead atoms. The van der Waals surface area contributed by atoms with Crippen LogP contribution < -0.4 is 5.32 Å². The summed E-state index contributed by atoms with van der Waals surface area (Å²) in [4.78, 5) is 23.7. The van der Waals surface area contributed by atoms with Crippen molar-refractivity contribution in [1.82, 2.24) is 10.2 Å². The number of halogens is 3. The van der Waals surface area contributed by atoms with Crippen LogP contribution >= 0.6 is 0 Å². The Balaban J connectivity index is 2.41. The second kappa shape index (κ2) is 6.58. The smallest absolute Gasteiger partial charge is 0.355 e. The number of nitrogens with one attached hydrogen (secondary N) is 1. The minimum atomic E-state index is -4.42. The van der Waals surface area contributed by atoms with Gasteiger partial charge in [0.05, 0.1) is 5.92 Å². The lowest BCUT2D eigenvalue weighted by Crippen LogP contribution is -2.37. The molecular formula is C12H17F3N2O2. The molecule has 0 aliphatic carbocycles. The second-order valence-electron chi connectivity index (χ2n) is 4.44. The SMILES string of the molecule is C/C=C/CCNC(=O)C1CC(=O)N(CC(F)(F)F)C1. The number of amides is 2. The van der Waals surface area contributed by atoms with Gasteiger partial charge in [-0.1, -0.05) is 12.2 Å². The lowest BCUT2D eigenvalue weighted by molar-refractivity contribution is -0.157. The molecule has 1 fully saturated rings. The van der Waals surface area contributed by atoms with Gasteiger partial charge in [-0.2, -0.15) is 13.2 Å². The molecule has 1 aliphatic heterocycles. The standard InChI is InChI=1S/C12H17F3N2O2/c1-2-3-4-5-16-11(19)9-6-10(18)17(7-9)8-12(13,14)15/h2-3,9H,4-8H2,1H3,(H,16,19)/b3-2+. The number of carbonyl (C=O) groups is 2. The molecule has 108 valence electrons. The van der Waals surface area contributed by atoms with Crippen LogP contribution in [0.15, 0.2) is 12.2 Å². The summed E-state index contributed by atoms with van der Waals surface area (Å²) < 4.78 is 36.6. The molecule has 1 aliphatic rings. The Morgan fingerprint density at radius 1 is 1.53 bits per heavy atom. The number of carbonyl (C=O) groups excluding carboxylic acids is 2. The van der Waals surface area contributed by atoms with Crippen LogP contribution in [-0.4, -0.2) is 42.5 Å². The summed E-state index contributed by atoms with van der Waals surface area (Å²) >= 11 is 0. The fourth-order valence-corrected chi connectivity index (χ4v) is 1.91. The molecule has 1 N–H and O–H groups in total. The molecule has 7 heteroatoms. The predicted molar refractivity (Wildman–Crippen MR) is 63.2 cm³/mol. The van der Waals surface area contributed by atoms with Crippen molar-refractivity contribution in [2.24, 2.45) is 5.92 Å². The first kappa shape index (κ1) is 15.5. The van der Waals surface area contributed by atoms with E-state index < -0.39 is 24.5 Å². The summed E-state index contributed by atoms with van der Waals surface area (Å²) in [5.41, 5.74) is 0. The third-order valence-corrected chi connectivity index (χ3v) is 2.80. The zero-order valence-corrected chi connectivity index (χ0v) is 10.7. The van der Waals surface area contributed by atoms with Crippen molar-refractivity contribution in [3.05, 3.63) is 12.2 Å². The number of allylic oxidation sites excluding steroid dienone is 1. The topological polar surface area (TPSA) is 49.4 Å². The number of alkyl halides is 3. The van der Waals surface area contributed by atoms with E-state index in [1.807, 2.05) is 19.1 Å². The highest BCUT2D eigenvalue weighted by Gasteiger charge is 2.40. The fourth-order valence-electron chi connectivity index (χ4n) is 1.91. The zero-order valence-electron chi connectivity index (χ0n) is 10.7. The van der Waals surface area contributed by atoms with E-state index in [0.29, 0.717) is 17.9 Å². The maximum Gasteiger partial charge on any atom is 0.406 e. The maximum absolute atomic E-state index is 12.2. The van der Waals surface area contributed by atoms with E-state index in [1.54, 1.807) is 0 Å². The minimum absolute atomic E-state index is 0.147. The van der Waals surface area contributed by atoms with Crippen molar-refractivity contribution in [3.63, 3.8) is 0 Å². The Morgan fingerprint density at radius 2 is 2.21 bits per heavy atom. The van der Waals surface area contributed by atoms with Gasteiger partial charge in [-0.15, -0.1) is 0 Å². The van der Waals surface area contributed by atoms with Gasteiger partial charge in [-0.3, -0.25) is 9.59 Å². The van der Waals surface area contributed by atoms with Crippen molar-refractivity contribution >= 4 is 11.8 Å². The van der Waals surface area contributed by atoms with Crippen molar-refractivity contribution in [1.29, 1.82) is 0 Å². The Morgan fingerprint density at radius 3 is 2.79 bits per heavy atom. The summed E-state index contributed by atoms with van der Waals surface area (Å²) in [6.45, 7) is 0.835. The molecule has 1 saturated heterocycles. The molecule has 0 saturated carbocycles. The molecule has 1 rings (SSSR count). The van der Waals surface area contributed by atoms with Crippen molar-refractivity contribution in [3.8, 4) is 0 Å². The third kappa shape index (κ3) is 5.32. The van der Waals surface area contributed by atoms with Crippen LogP contribution in [0, 0.1) is 5.92 Å². The van der Waals surface area contributed by atoms with E-state index in [4.69, 9.17) is 0 Å². The fraction of sp³-hybridized carbons (Fsp3) is 0.667. The number of likely N-dealkylation sites (tertiary alicyclic amines) is 1. The van der Waals surface area contributed by atoms with Gasteiger partial charge >= 0.3 is 6.18 Å². The molecule has 0 radical (unpaired) electrons. The van der Waals surface area contributed by atoms with Crippen molar-refractivity contribution in [2.75, 3.05) is 19.6 Å². The van der Waals surface area contributed by atoms with E-state index >= 15 is 0 Å². The van der Waals surface area contributed by atoms with Gasteiger partial charge in [0.25, 0.3) is 0 Å². The summed E-state index contributed by atoms with van der Waals surface area (Å²) in [6.07, 6.45) is -0.194. The summed E-state index contributed by atoms with van der Waals surface area (Å²) in [5, 5.41) is 2.61. The van der Waals surface area contributed by atoms with E-state index in [9.17, 15) is 22.8 Å². The average Bonchev–Trinajstić information content (AvgIpc) is 2.64. The van der Waals surface area contributed by atoms with Crippen LogP contribution in [0.3, 0.4) is 0 Å². The molecule has 1 heterocycles. The van der Waals surface area contributed by atoms with Gasteiger partial charge in [-0.05, 0) is 13.3 Å². The van der Waals surface area contributed by atoms with Gasteiger partial charge in [0.1, 0.15) is 6.54 Å².